The van der Waals surface area contributed by atoms with Crippen LogP contribution in [0.1, 0.15) is 17.3 Å². The summed E-state index contributed by atoms with van der Waals surface area (Å²) in [5.41, 5.74) is 2.22. The summed E-state index contributed by atoms with van der Waals surface area (Å²) in [6.07, 6.45) is 4.90. The molecule has 0 spiro atoms. The zero-order valence-corrected chi connectivity index (χ0v) is 11.6. The Morgan fingerprint density at radius 2 is 1.81 bits per heavy atom. The standard InChI is InChI=1S/C16H16N4O/c1-2-4-14(5-3-1)18-11-8-16-19-15(20-21-16)12-13-6-9-17-10-7-13/h1-7,9-10,18H,8,11-12H2. The van der Waals surface area contributed by atoms with E-state index in [2.05, 4.69) is 20.4 Å². The molecule has 0 amide bonds. The largest absolute Gasteiger partial charge is 0.385 e. The first-order valence-corrected chi connectivity index (χ1v) is 6.89. The monoisotopic (exact) mass is 280 g/mol. The molecule has 0 saturated carbocycles. The number of nitrogens with zero attached hydrogens (tertiary/aromatic N) is 3. The van der Waals surface area contributed by atoms with Crippen molar-refractivity contribution in [2.24, 2.45) is 0 Å². The van der Waals surface area contributed by atoms with E-state index < -0.39 is 0 Å². The molecule has 2 aromatic heterocycles. The molecular formula is C16H16N4O. The Morgan fingerprint density at radius 3 is 2.62 bits per heavy atom. The van der Waals surface area contributed by atoms with E-state index in [9.17, 15) is 0 Å². The summed E-state index contributed by atoms with van der Waals surface area (Å²) in [5.74, 6) is 1.36. The SMILES string of the molecule is c1ccc(NCCc2nc(Cc3ccncc3)no2)cc1. The summed E-state index contributed by atoms with van der Waals surface area (Å²) >= 11 is 0. The van der Waals surface area contributed by atoms with Crippen molar-refractivity contribution in [1.82, 2.24) is 15.1 Å². The average Bonchev–Trinajstić information content (AvgIpc) is 2.97. The van der Waals surface area contributed by atoms with Crippen LogP contribution in [0.4, 0.5) is 5.69 Å². The summed E-state index contributed by atoms with van der Waals surface area (Å²) in [6.45, 7) is 0.765. The molecule has 0 unspecified atom stereocenters. The number of rotatable bonds is 6. The first-order valence-electron chi connectivity index (χ1n) is 6.89. The van der Waals surface area contributed by atoms with E-state index in [1.165, 1.54) is 0 Å². The van der Waals surface area contributed by atoms with Crippen LogP contribution < -0.4 is 5.32 Å². The lowest BCUT2D eigenvalue weighted by atomic mass is 10.2. The van der Waals surface area contributed by atoms with Gasteiger partial charge in [-0.05, 0) is 29.8 Å². The zero-order chi connectivity index (χ0) is 14.3. The predicted octanol–water partition coefficient (Wildman–Crippen LogP) is 2.71. The number of pyridine rings is 1. The fraction of sp³-hybridized carbons (Fsp3) is 0.188. The maximum Gasteiger partial charge on any atom is 0.228 e. The van der Waals surface area contributed by atoms with E-state index in [1.54, 1.807) is 12.4 Å². The van der Waals surface area contributed by atoms with Crippen LogP contribution in [-0.2, 0) is 12.8 Å². The summed E-state index contributed by atoms with van der Waals surface area (Å²) in [6, 6.07) is 14.0. The first kappa shape index (κ1) is 13.3. The molecule has 5 heteroatoms. The molecule has 0 aliphatic rings. The van der Waals surface area contributed by atoms with Crippen LogP contribution >= 0.6 is 0 Å². The molecule has 0 aliphatic carbocycles. The highest BCUT2D eigenvalue weighted by Crippen LogP contribution is 2.08. The first-order chi connectivity index (χ1) is 10.4. The van der Waals surface area contributed by atoms with Crippen LogP contribution in [0.3, 0.4) is 0 Å². The van der Waals surface area contributed by atoms with Crippen molar-refractivity contribution in [3.05, 3.63) is 72.1 Å². The number of para-hydroxylation sites is 1. The van der Waals surface area contributed by atoms with Gasteiger partial charge in [-0.2, -0.15) is 4.98 Å². The summed E-state index contributed by atoms with van der Waals surface area (Å²) in [7, 11) is 0. The van der Waals surface area contributed by atoms with Crippen LogP contribution in [-0.4, -0.2) is 21.7 Å². The van der Waals surface area contributed by atoms with Gasteiger partial charge in [-0.3, -0.25) is 4.98 Å². The maximum atomic E-state index is 5.26. The van der Waals surface area contributed by atoms with E-state index in [-0.39, 0.29) is 0 Å². The molecule has 0 radical (unpaired) electrons. The molecule has 1 aromatic carbocycles. The minimum atomic E-state index is 0.655. The molecular weight excluding hydrogens is 264 g/mol. The molecule has 0 atom stereocenters. The Morgan fingerprint density at radius 1 is 1.00 bits per heavy atom. The van der Waals surface area contributed by atoms with E-state index in [1.807, 2.05) is 42.5 Å². The number of hydrogen-bond acceptors (Lipinski definition) is 5. The van der Waals surface area contributed by atoms with Crippen molar-refractivity contribution >= 4 is 5.69 Å². The molecule has 0 bridgehead atoms. The Hall–Kier alpha value is -2.69. The summed E-state index contributed by atoms with van der Waals surface area (Å²) < 4.78 is 5.26. The van der Waals surface area contributed by atoms with Crippen LogP contribution in [0.2, 0.25) is 0 Å². The van der Waals surface area contributed by atoms with E-state index in [4.69, 9.17) is 4.52 Å². The van der Waals surface area contributed by atoms with Gasteiger partial charge in [0.1, 0.15) is 0 Å². The molecule has 1 N–H and O–H groups in total. The van der Waals surface area contributed by atoms with Gasteiger partial charge in [0.25, 0.3) is 0 Å². The zero-order valence-electron chi connectivity index (χ0n) is 11.6. The van der Waals surface area contributed by atoms with Crippen LogP contribution in [0.5, 0.6) is 0 Å². The highest BCUT2D eigenvalue weighted by atomic mass is 16.5. The van der Waals surface area contributed by atoms with Crippen molar-refractivity contribution in [2.75, 3.05) is 11.9 Å². The van der Waals surface area contributed by atoms with Gasteiger partial charge >= 0.3 is 0 Å². The third-order valence-electron chi connectivity index (χ3n) is 3.06. The molecule has 0 aliphatic heterocycles. The van der Waals surface area contributed by atoms with Crippen molar-refractivity contribution in [2.45, 2.75) is 12.8 Å². The third kappa shape index (κ3) is 3.89. The van der Waals surface area contributed by atoms with Gasteiger partial charge in [-0.15, -0.1) is 0 Å². The molecule has 106 valence electrons. The Kier molecular flexibility index (Phi) is 4.21. The van der Waals surface area contributed by atoms with Crippen molar-refractivity contribution < 1.29 is 4.52 Å². The predicted molar refractivity (Wildman–Crippen MR) is 80.0 cm³/mol. The van der Waals surface area contributed by atoms with Gasteiger partial charge in [0.05, 0.1) is 0 Å². The van der Waals surface area contributed by atoms with Crippen LogP contribution in [0, 0.1) is 0 Å². The topological polar surface area (TPSA) is 63.8 Å². The lowest BCUT2D eigenvalue weighted by molar-refractivity contribution is 0.376. The summed E-state index contributed by atoms with van der Waals surface area (Å²) in [5, 5.41) is 7.32. The third-order valence-corrected chi connectivity index (χ3v) is 3.06. The Balaban J connectivity index is 1.51. The van der Waals surface area contributed by atoms with Gasteiger partial charge in [0.2, 0.25) is 5.89 Å². The number of aromatic nitrogens is 3. The molecule has 5 nitrogen and oxygen atoms in total. The van der Waals surface area contributed by atoms with Gasteiger partial charge < -0.3 is 9.84 Å². The van der Waals surface area contributed by atoms with E-state index in [0.717, 1.165) is 17.8 Å². The molecule has 21 heavy (non-hydrogen) atoms. The lowest BCUT2D eigenvalue weighted by Gasteiger charge is -2.02. The van der Waals surface area contributed by atoms with E-state index in [0.29, 0.717) is 24.6 Å². The molecule has 3 rings (SSSR count). The fourth-order valence-corrected chi connectivity index (χ4v) is 2.02. The summed E-state index contributed by atoms with van der Waals surface area (Å²) in [4.78, 5) is 8.39. The van der Waals surface area contributed by atoms with Crippen molar-refractivity contribution in [3.63, 3.8) is 0 Å². The number of nitrogens with one attached hydrogen (secondary N) is 1. The van der Waals surface area contributed by atoms with Gasteiger partial charge in [-0.1, -0.05) is 23.4 Å². The number of benzene rings is 1. The van der Waals surface area contributed by atoms with Crippen molar-refractivity contribution in [1.29, 1.82) is 0 Å². The minimum Gasteiger partial charge on any atom is -0.385 e. The number of anilines is 1. The van der Waals surface area contributed by atoms with Gasteiger partial charge in [0.15, 0.2) is 5.82 Å². The van der Waals surface area contributed by atoms with Crippen LogP contribution in [0.15, 0.2) is 59.4 Å². The highest BCUT2D eigenvalue weighted by molar-refractivity contribution is 5.42. The normalized spacial score (nSPS) is 10.5. The average molecular weight is 280 g/mol. The fourth-order valence-electron chi connectivity index (χ4n) is 2.02. The molecule has 2 heterocycles. The quantitative estimate of drug-likeness (QED) is 0.752. The Bertz CT molecular complexity index is 667. The second-order valence-electron chi connectivity index (χ2n) is 4.68. The Labute approximate surface area is 123 Å². The van der Waals surface area contributed by atoms with Crippen molar-refractivity contribution in [3.8, 4) is 0 Å². The minimum absolute atomic E-state index is 0.655. The van der Waals surface area contributed by atoms with Gasteiger partial charge in [-0.25, -0.2) is 0 Å². The molecule has 3 aromatic rings. The lowest BCUT2D eigenvalue weighted by Crippen LogP contribution is -2.04. The smallest absolute Gasteiger partial charge is 0.228 e. The van der Waals surface area contributed by atoms with Gasteiger partial charge in [0, 0.05) is 37.5 Å². The highest BCUT2D eigenvalue weighted by Gasteiger charge is 2.06. The van der Waals surface area contributed by atoms with E-state index >= 15 is 0 Å². The molecule has 0 saturated heterocycles. The second-order valence-corrected chi connectivity index (χ2v) is 4.68. The molecule has 0 fully saturated rings. The van der Waals surface area contributed by atoms with Crippen LogP contribution in [0.25, 0.3) is 0 Å². The second kappa shape index (κ2) is 6.65. The maximum absolute atomic E-state index is 5.26. The number of hydrogen-bond donors (Lipinski definition) is 1.